The van der Waals surface area contributed by atoms with Gasteiger partial charge >= 0.3 is 0 Å². The largest absolute Gasteiger partial charge is 0.265 e. The van der Waals surface area contributed by atoms with E-state index in [2.05, 4.69) is 169 Å². The molecule has 9 aromatic carbocycles. The molecule has 1 heterocycles. The van der Waals surface area contributed by atoms with Gasteiger partial charge in [0.25, 0.3) is 0 Å². The van der Waals surface area contributed by atoms with Gasteiger partial charge < -0.3 is 0 Å². The summed E-state index contributed by atoms with van der Waals surface area (Å²) >= 11 is 0. The van der Waals surface area contributed by atoms with Crippen LogP contribution < -0.4 is 0 Å². The fourth-order valence-corrected chi connectivity index (χ4v) is 7.93. The van der Waals surface area contributed by atoms with Crippen molar-refractivity contribution in [1.82, 2.24) is 4.98 Å². The number of nitrogens with zero attached hydrogens (tertiary/aromatic N) is 1. The minimum absolute atomic E-state index is 1.17. The molecule has 0 fully saturated rings. The van der Waals surface area contributed by atoms with Crippen LogP contribution in [-0.4, -0.2) is 4.98 Å². The molecule has 0 saturated carbocycles. The van der Waals surface area contributed by atoms with E-state index in [0.717, 1.165) is 0 Å². The molecule has 0 amide bonds. The first kappa shape index (κ1) is 26.9. The van der Waals surface area contributed by atoms with Crippen molar-refractivity contribution >= 4 is 53.9 Å². The molecule has 1 nitrogen and oxygen atoms in total. The smallest absolute Gasteiger partial charge is 0.0273 e. The van der Waals surface area contributed by atoms with Gasteiger partial charge in [-0.05, 0) is 117 Å². The van der Waals surface area contributed by atoms with Crippen LogP contribution in [0.2, 0.25) is 0 Å². The van der Waals surface area contributed by atoms with E-state index in [1.54, 1.807) is 0 Å². The number of benzene rings is 9. The molecule has 0 unspecified atom stereocenters. The number of pyridine rings is 1. The van der Waals surface area contributed by atoms with Crippen molar-refractivity contribution in [2.45, 2.75) is 0 Å². The van der Waals surface area contributed by atoms with Crippen LogP contribution in [-0.2, 0) is 0 Å². The number of hydrogen-bond acceptors (Lipinski definition) is 1. The van der Waals surface area contributed by atoms with E-state index in [4.69, 9.17) is 0 Å². The van der Waals surface area contributed by atoms with Crippen molar-refractivity contribution in [2.75, 3.05) is 0 Å². The summed E-state index contributed by atoms with van der Waals surface area (Å²) in [6.45, 7) is 0. The summed E-state index contributed by atoms with van der Waals surface area (Å²) in [5, 5.41) is 12.9. The van der Waals surface area contributed by atoms with E-state index in [1.165, 1.54) is 98.4 Å². The molecule has 0 atom stereocenters. The van der Waals surface area contributed by atoms with Crippen LogP contribution in [0.1, 0.15) is 0 Å². The first-order chi connectivity index (χ1) is 23.8. The lowest BCUT2D eigenvalue weighted by Gasteiger charge is -2.19. The molecule has 10 rings (SSSR count). The number of rotatable bonds is 4. The first-order valence-electron chi connectivity index (χ1n) is 16.5. The topological polar surface area (TPSA) is 12.9 Å². The second-order valence-electron chi connectivity index (χ2n) is 12.7. The van der Waals surface area contributed by atoms with Gasteiger partial charge in [0.1, 0.15) is 0 Å². The zero-order valence-electron chi connectivity index (χ0n) is 26.2. The van der Waals surface area contributed by atoms with E-state index < -0.39 is 0 Å². The second kappa shape index (κ2) is 10.6. The Morgan fingerprint density at radius 3 is 1.58 bits per heavy atom. The molecule has 1 heteroatoms. The Bertz CT molecular complexity index is 2780. The highest BCUT2D eigenvalue weighted by Crippen LogP contribution is 2.45. The van der Waals surface area contributed by atoms with Gasteiger partial charge in [-0.1, -0.05) is 146 Å². The number of fused-ring (bicyclic) bond motifs is 2. The number of aromatic nitrogens is 1. The van der Waals surface area contributed by atoms with Crippen LogP contribution in [0.4, 0.5) is 0 Å². The lowest BCUT2D eigenvalue weighted by atomic mass is 9.84. The van der Waals surface area contributed by atoms with E-state index in [0.29, 0.717) is 0 Å². The maximum Gasteiger partial charge on any atom is 0.0273 e. The van der Waals surface area contributed by atoms with Crippen molar-refractivity contribution < 1.29 is 0 Å². The van der Waals surface area contributed by atoms with E-state index in [1.807, 2.05) is 12.4 Å². The molecule has 10 aromatic rings. The Balaban J connectivity index is 1.20. The van der Waals surface area contributed by atoms with Gasteiger partial charge in [0.2, 0.25) is 0 Å². The molecule has 1 aromatic heterocycles. The highest BCUT2D eigenvalue weighted by Gasteiger charge is 2.18. The molecule has 0 radical (unpaired) electrons. The highest BCUT2D eigenvalue weighted by atomic mass is 14.6. The van der Waals surface area contributed by atoms with Gasteiger partial charge in [-0.25, -0.2) is 0 Å². The van der Waals surface area contributed by atoms with Crippen LogP contribution in [0.25, 0.3) is 98.4 Å². The fourth-order valence-electron chi connectivity index (χ4n) is 7.93. The molecule has 0 aliphatic carbocycles. The molecular formula is C47H29N. The van der Waals surface area contributed by atoms with Crippen molar-refractivity contribution in [2.24, 2.45) is 0 Å². The molecule has 48 heavy (non-hydrogen) atoms. The highest BCUT2D eigenvalue weighted by molar-refractivity contribution is 6.26. The van der Waals surface area contributed by atoms with Gasteiger partial charge in [-0.15, -0.1) is 0 Å². The van der Waals surface area contributed by atoms with Crippen LogP contribution in [0, 0.1) is 0 Å². The van der Waals surface area contributed by atoms with Gasteiger partial charge in [0.15, 0.2) is 0 Å². The minimum Gasteiger partial charge on any atom is -0.265 e. The summed E-state index contributed by atoms with van der Waals surface area (Å²) in [5.41, 5.74) is 9.82. The lowest BCUT2D eigenvalue weighted by Crippen LogP contribution is -1.92. The molecule has 0 spiro atoms. The Morgan fingerprint density at radius 1 is 0.292 bits per heavy atom. The van der Waals surface area contributed by atoms with E-state index in [9.17, 15) is 0 Å². The predicted molar refractivity (Wildman–Crippen MR) is 205 cm³/mol. The third-order valence-corrected chi connectivity index (χ3v) is 10.1. The molecule has 0 bridgehead atoms. The van der Waals surface area contributed by atoms with E-state index >= 15 is 0 Å². The summed E-state index contributed by atoms with van der Waals surface area (Å²) in [5.74, 6) is 0. The van der Waals surface area contributed by atoms with Gasteiger partial charge in [0, 0.05) is 12.4 Å². The van der Waals surface area contributed by atoms with Crippen molar-refractivity contribution in [3.8, 4) is 44.5 Å². The summed E-state index contributed by atoms with van der Waals surface area (Å²) in [7, 11) is 0. The van der Waals surface area contributed by atoms with Crippen LogP contribution in [0.15, 0.2) is 176 Å². The van der Waals surface area contributed by atoms with E-state index in [-0.39, 0.29) is 0 Å². The average Bonchev–Trinajstić information content (AvgIpc) is 3.16. The predicted octanol–water partition coefficient (Wildman–Crippen LogP) is 13.0. The minimum atomic E-state index is 1.17. The quantitative estimate of drug-likeness (QED) is 0.143. The fraction of sp³-hybridized carbons (Fsp3) is 0. The standard InChI is InChI=1S/C47H29N/c1-2-7-30(8-3-1)37-21-24-42-43(29-37)46(36-25-27-48-28-26-36)40-12-5-4-11-39(40)45(42)34-15-13-31(14-16-34)38-22-19-35-18-17-32-9-6-10-33-20-23-41(38)47(35)44(32)33/h1-29H. The maximum atomic E-state index is 4.34. The average molecular weight is 608 g/mol. The van der Waals surface area contributed by atoms with Gasteiger partial charge in [0.05, 0.1) is 0 Å². The van der Waals surface area contributed by atoms with Crippen LogP contribution >= 0.6 is 0 Å². The molecular weight excluding hydrogens is 579 g/mol. The first-order valence-corrected chi connectivity index (χ1v) is 16.5. The summed E-state index contributed by atoms with van der Waals surface area (Å²) in [6.07, 6.45) is 3.78. The van der Waals surface area contributed by atoms with Gasteiger partial charge in [-0.3, -0.25) is 4.98 Å². The molecule has 0 aliphatic rings. The Labute approximate surface area is 278 Å². The van der Waals surface area contributed by atoms with Crippen molar-refractivity contribution in [3.63, 3.8) is 0 Å². The third-order valence-electron chi connectivity index (χ3n) is 10.1. The lowest BCUT2D eigenvalue weighted by molar-refractivity contribution is 1.33. The van der Waals surface area contributed by atoms with Crippen molar-refractivity contribution in [1.29, 1.82) is 0 Å². The Kier molecular flexibility index (Phi) is 5.94. The Hall–Kier alpha value is -6.31. The van der Waals surface area contributed by atoms with Crippen LogP contribution in [0.5, 0.6) is 0 Å². The molecule has 0 N–H and O–H groups in total. The number of hydrogen-bond donors (Lipinski definition) is 0. The Morgan fingerprint density at radius 2 is 0.833 bits per heavy atom. The SMILES string of the molecule is c1ccc(-c2ccc3c(-c4ccc(-c5ccc6ccc7cccc8ccc5c6c78)cc4)c4ccccc4c(-c4ccncc4)c3c2)cc1. The molecule has 222 valence electrons. The van der Waals surface area contributed by atoms with Gasteiger partial charge in [-0.2, -0.15) is 0 Å². The zero-order valence-corrected chi connectivity index (χ0v) is 26.2. The molecule has 0 aliphatic heterocycles. The second-order valence-corrected chi connectivity index (χ2v) is 12.7. The normalized spacial score (nSPS) is 11.8. The van der Waals surface area contributed by atoms with Crippen LogP contribution in [0.3, 0.4) is 0 Å². The summed E-state index contributed by atoms with van der Waals surface area (Å²) < 4.78 is 0. The molecule has 0 saturated heterocycles. The third kappa shape index (κ3) is 4.08. The monoisotopic (exact) mass is 607 g/mol. The summed E-state index contributed by atoms with van der Waals surface area (Å²) in [6, 6.07) is 60.2. The zero-order chi connectivity index (χ0) is 31.6. The van der Waals surface area contributed by atoms with Crippen molar-refractivity contribution in [3.05, 3.63) is 176 Å². The summed E-state index contributed by atoms with van der Waals surface area (Å²) in [4.78, 5) is 4.34. The maximum absolute atomic E-state index is 4.34.